The zero-order valence-corrected chi connectivity index (χ0v) is 14.3. The van der Waals surface area contributed by atoms with Gasteiger partial charge >= 0.3 is 0 Å². The van der Waals surface area contributed by atoms with Gasteiger partial charge in [0, 0.05) is 18.4 Å². The Labute approximate surface area is 152 Å². The first-order valence-electron chi connectivity index (χ1n) is 7.35. The molecule has 0 fully saturated rings. The smallest absolute Gasteiger partial charge is 0.247 e. The maximum Gasteiger partial charge on any atom is 0.247 e. The maximum absolute atomic E-state index is 12.9. The van der Waals surface area contributed by atoms with E-state index in [0.29, 0.717) is 22.2 Å². The molecule has 2 aromatic carbocycles. The average molecular weight is 380 g/mol. The molecule has 1 amide bonds. The van der Waals surface area contributed by atoms with E-state index >= 15 is 0 Å². The zero-order valence-electron chi connectivity index (χ0n) is 12.8. The number of anilines is 1. The number of benzene rings is 2. The molecule has 0 spiro atoms. The highest BCUT2D eigenvalue weighted by molar-refractivity contribution is 6.43. The molecule has 1 aromatic heterocycles. The molecule has 0 saturated carbocycles. The van der Waals surface area contributed by atoms with E-state index in [2.05, 4.69) is 15.5 Å². The van der Waals surface area contributed by atoms with E-state index in [4.69, 9.17) is 27.6 Å². The van der Waals surface area contributed by atoms with Gasteiger partial charge in [0.2, 0.25) is 17.7 Å². The van der Waals surface area contributed by atoms with Gasteiger partial charge in [-0.3, -0.25) is 4.79 Å². The highest BCUT2D eigenvalue weighted by Gasteiger charge is 2.12. The van der Waals surface area contributed by atoms with Crippen LogP contribution in [0.2, 0.25) is 10.0 Å². The zero-order chi connectivity index (χ0) is 17.8. The van der Waals surface area contributed by atoms with Gasteiger partial charge in [-0.1, -0.05) is 29.3 Å². The molecule has 5 nitrogen and oxygen atoms in total. The van der Waals surface area contributed by atoms with Gasteiger partial charge in [0.25, 0.3) is 0 Å². The Morgan fingerprint density at radius 2 is 1.88 bits per heavy atom. The molecule has 0 aliphatic rings. The molecule has 0 saturated heterocycles. The number of carbonyl (C=O) groups is 1. The fourth-order valence-corrected chi connectivity index (χ4v) is 2.45. The Morgan fingerprint density at radius 1 is 1.12 bits per heavy atom. The lowest BCUT2D eigenvalue weighted by atomic mass is 10.2. The van der Waals surface area contributed by atoms with Crippen LogP contribution in [0.1, 0.15) is 12.3 Å². The van der Waals surface area contributed by atoms with Crippen LogP contribution in [0.25, 0.3) is 11.5 Å². The van der Waals surface area contributed by atoms with Crippen LogP contribution < -0.4 is 5.32 Å². The van der Waals surface area contributed by atoms with Crippen molar-refractivity contribution in [1.29, 1.82) is 0 Å². The highest BCUT2D eigenvalue weighted by atomic mass is 35.5. The van der Waals surface area contributed by atoms with E-state index < -0.39 is 0 Å². The number of nitrogens with one attached hydrogen (secondary N) is 1. The number of nitrogens with zero attached hydrogens (tertiary/aromatic N) is 2. The van der Waals surface area contributed by atoms with Crippen molar-refractivity contribution in [2.75, 3.05) is 5.32 Å². The van der Waals surface area contributed by atoms with E-state index in [1.54, 1.807) is 30.3 Å². The van der Waals surface area contributed by atoms with Crippen molar-refractivity contribution in [3.63, 3.8) is 0 Å². The molecule has 0 unspecified atom stereocenters. The molecule has 0 aliphatic carbocycles. The van der Waals surface area contributed by atoms with Crippen LogP contribution in [0.5, 0.6) is 0 Å². The minimum Gasteiger partial charge on any atom is -0.421 e. The summed E-state index contributed by atoms with van der Waals surface area (Å²) in [6.45, 7) is 0. The standard InChI is InChI=1S/C17H12Cl2FN3O2/c18-12-2-1-3-13(16(12)19)21-14(24)8-9-15-22-23-17(25-15)10-4-6-11(20)7-5-10/h1-7H,8-9H2,(H,21,24). The van der Waals surface area contributed by atoms with Gasteiger partial charge < -0.3 is 9.73 Å². The molecule has 1 heterocycles. The molecule has 0 atom stereocenters. The van der Waals surface area contributed by atoms with Crippen LogP contribution in [-0.4, -0.2) is 16.1 Å². The first kappa shape index (κ1) is 17.4. The van der Waals surface area contributed by atoms with Crippen molar-refractivity contribution in [3.05, 3.63) is 64.2 Å². The number of carbonyl (C=O) groups excluding carboxylic acids is 1. The van der Waals surface area contributed by atoms with Crippen LogP contribution in [0.3, 0.4) is 0 Å². The minimum atomic E-state index is -0.347. The summed E-state index contributed by atoms with van der Waals surface area (Å²) in [5.41, 5.74) is 1.05. The summed E-state index contributed by atoms with van der Waals surface area (Å²) >= 11 is 11.9. The van der Waals surface area contributed by atoms with Crippen LogP contribution >= 0.6 is 23.2 Å². The second kappa shape index (κ2) is 7.63. The van der Waals surface area contributed by atoms with Crippen molar-refractivity contribution in [2.45, 2.75) is 12.8 Å². The highest BCUT2D eigenvalue weighted by Crippen LogP contribution is 2.29. The van der Waals surface area contributed by atoms with Gasteiger partial charge in [-0.15, -0.1) is 10.2 Å². The predicted molar refractivity (Wildman–Crippen MR) is 93.1 cm³/mol. The third-order valence-electron chi connectivity index (χ3n) is 3.35. The number of hydrogen-bond acceptors (Lipinski definition) is 4. The van der Waals surface area contributed by atoms with Gasteiger partial charge in [0.15, 0.2) is 0 Å². The summed E-state index contributed by atoms with van der Waals surface area (Å²) in [5, 5.41) is 11.1. The Bertz CT molecular complexity index is 897. The topological polar surface area (TPSA) is 68.0 Å². The van der Waals surface area contributed by atoms with Crippen molar-refractivity contribution in [3.8, 4) is 11.5 Å². The quantitative estimate of drug-likeness (QED) is 0.694. The summed E-state index contributed by atoms with van der Waals surface area (Å²) in [5.74, 6) is -0.0227. The second-order valence-electron chi connectivity index (χ2n) is 5.16. The summed E-state index contributed by atoms with van der Waals surface area (Å²) in [6.07, 6.45) is 0.395. The Kier molecular flexibility index (Phi) is 5.31. The van der Waals surface area contributed by atoms with Gasteiger partial charge in [-0.2, -0.15) is 0 Å². The van der Waals surface area contributed by atoms with Crippen LogP contribution in [0.4, 0.5) is 10.1 Å². The molecule has 1 N–H and O–H groups in total. The Morgan fingerprint density at radius 3 is 2.64 bits per heavy atom. The van der Waals surface area contributed by atoms with Gasteiger partial charge in [0.1, 0.15) is 5.82 Å². The number of aromatic nitrogens is 2. The molecule has 0 radical (unpaired) electrons. The van der Waals surface area contributed by atoms with Crippen molar-refractivity contribution in [1.82, 2.24) is 10.2 Å². The Hall–Kier alpha value is -2.44. The maximum atomic E-state index is 12.9. The molecule has 3 aromatic rings. The van der Waals surface area contributed by atoms with Crippen molar-refractivity contribution in [2.24, 2.45) is 0 Å². The largest absolute Gasteiger partial charge is 0.421 e. The lowest BCUT2D eigenvalue weighted by molar-refractivity contribution is -0.116. The summed E-state index contributed by atoms with van der Waals surface area (Å²) in [6, 6.07) is 10.7. The molecular weight excluding hydrogens is 368 g/mol. The number of halogens is 3. The molecule has 25 heavy (non-hydrogen) atoms. The number of aryl methyl sites for hydroxylation is 1. The Balaban J connectivity index is 1.59. The molecular formula is C17H12Cl2FN3O2. The van der Waals surface area contributed by atoms with Gasteiger partial charge in [0.05, 0.1) is 15.7 Å². The van der Waals surface area contributed by atoms with Gasteiger partial charge in [-0.05, 0) is 36.4 Å². The van der Waals surface area contributed by atoms with E-state index in [-0.39, 0.29) is 35.5 Å². The lowest BCUT2D eigenvalue weighted by Crippen LogP contribution is -2.12. The summed E-state index contributed by atoms with van der Waals surface area (Å²) in [4.78, 5) is 12.0. The molecule has 0 aliphatic heterocycles. The van der Waals surface area contributed by atoms with Crippen LogP contribution in [0.15, 0.2) is 46.9 Å². The first-order valence-corrected chi connectivity index (χ1v) is 8.10. The average Bonchev–Trinajstić information content (AvgIpc) is 3.07. The fraction of sp³-hybridized carbons (Fsp3) is 0.118. The molecule has 0 bridgehead atoms. The van der Waals surface area contributed by atoms with E-state index in [9.17, 15) is 9.18 Å². The third kappa shape index (κ3) is 4.35. The normalized spacial score (nSPS) is 10.7. The molecule has 3 rings (SSSR count). The van der Waals surface area contributed by atoms with E-state index in [1.165, 1.54) is 12.1 Å². The molecule has 128 valence electrons. The van der Waals surface area contributed by atoms with Crippen molar-refractivity contribution >= 4 is 34.8 Å². The summed E-state index contributed by atoms with van der Waals surface area (Å²) in [7, 11) is 0. The van der Waals surface area contributed by atoms with Crippen molar-refractivity contribution < 1.29 is 13.6 Å². The molecule has 8 heteroatoms. The first-order chi connectivity index (χ1) is 12.0. The second-order valence-corrected chi connectivity index (χ2v) is 5.94. The summed E-state index contributed by atoms with van der Waals surface area (Å²) < 4.78 is 18.4. The number of hydrogen-bond donors (Lipinski definition) is 1. The fourth-order valence-electron chi connectivity index (χ4n) is 2.10. The predicted octanol–water partition coefficient (Wildman–Crippen LogP) is 4.75. The minimum absolute atomic E-state index is 0.133. The monoisotopic (exact) mass is 379 g/mol. The number of amides is 1. The third-order valence-corrected chi connectivity index (χ3v) is 4.17. The van der Waals surface area contributed by atoms with E-state index in [1.807, 2.05) is 0 Å². The van der Waals surface area contributed by atoms with Crippen LogP contribution in [0, 0.1) is 5.82 Å². The van der Waals surface area contributed by atoms with Crippen LogP contribution in [-0.2, 0) is 11.2 Å². The lowest BCUT2D eigenvalue weighted by Gasteiger charge is -2.07. The SMILES string of the molecule is O=C(CCc1nnc(-c2ccc(F)cc2)o1)Nc1cccc(Cl)c1Cl. The van der Waals surface area contributed by atoms with E-state index in [0.717, 1.165) is 0 Å². The number of rotatable bonds is 5. The van der Waals surface area contributed by atoms with Gasteiger partial charge in [-0.25, -0.2) is 4.39 Å².